The molecule has 3 rings (SSSR count). The highest BCUT2D eigenvalue weighted by Gasteiger charge is 2.41. The average molecular weight is 535 g/mol. The van der Waals surface area contributed by atoms with Gasteiger partial charge in [0, 0.05) is 24.8 Å². The number of carbonyl (C=O) groups excluding carboxylic acids is 3. The Hall–Kier alpha value is -3.55. The number of H-pyrrole nitrogens is 1. The van der Waals surface area contributed by atoms with Crippen LogP contribution < -0.4 is 15.4 Å². The molecule has 206 valence electrons. The number of ether oxygens (including phenoxy) is 1. The zero-order chi connectivity index (χ0) is 28.4. The molecule has 1 fully saturated rings. The molecule has 3 N–H and O–H groups in total. The summed E-state index contributed by atoms with van der Waals surface area (Å²) < 4.78 is 48.1. The first-order valence-corrected chi connectivity index (χ1v) is 12.6. The fourth-order valence-electron chi connectivity index (χ4n) is 5.02. The maximum absolute atomic E-state index is 14.3. The van der Waals surface area contributed by atoms with Gasteiger partial charge in [0.25, 0.3) is 0 Å². The summed E-state index contributed by atoms with van der Waals surface area (Å²) in [5.41, 5.74) is -0.348. The van der Waals surface area contributed by atoms with E-state index in [1.165, 1.54) is 13.2 Å². The highest BCUT2D eigenvalue weighted by atomic mass is 19.4. The normalized spacial score (nSPS) is 17.3. The van der Waals surface area contributed by atoms with E-state index in [4.69, 9.17) is 4.74 Å². The number of fused-ring (bicyclic) bond motifs is 1. The molecule has 0 spiro atoms. The number of rotatable bonds is 10. The van der Waals surface area contributed by atoms with E-state index in [9.17, 15) is 32.8 Å². The second kappa shape index (κ2) is 11.5. The summed E-state index contributed by atoms with van der Waals surface area (Å²) in [7, 11) is 1.27. The van der Waals surface area contributed by atoms with Gasteiger partial charge in [-0.05, 0) is 56.2 Å². The molecule has 2 heterocycles. The fraction of sp³-hybridized carbons (Fsp3) is 0.556. The minimum absolute atomic E-state index is 0.00462. The third-order valence-electron chi connectivity index (χ3n) is 7.06. The maximum Gasteiger partial charge on any atom is 0.419 e. The van der Waals surface area contributed by atoms with Crippen LogP contribution in [0.15, 0.2) is 6.07 Å². The van der Waals surface area contributed by atoms with Gasteiger partial charge in [-0.1, -0.05) is 13.8 Å². The van der Waals surface area contributed by atoms with Crippen LogP contribution >= 0.6 is 0 Å². The second-order valence-electron chi connectivity index (χ2n) is 10.3. The number of benzene rings is 1. The van der Waals surface area contributed by atoms with Crippen molar-refractivity contribution in [2.24, 2.45) is 17.8 Å². The van der Waals surface area contributed by atoms with Gasteiger partial charge in [-0.15, -0.1) is 0 Å². The standard InChI is InChI=1S/C27H33F3N4O4/c1-13(2)8-17(26(37)33-18(12-31)10-16-6-7-32-25(16)36)11-19(35)24-22(27(28,29)30)21-20(38-5)9-14(3)15(4)23(21)34-24/h9,13,16-18,34H,6-8,10-11H2,1-5H3,(H,32,36)(H,33,37)/t16-,17+,18-/m0/s1. The average Bonchev–Trinajstić information content (AvgIpc) is 3.44. The Bertz CT molecular complexity index is 1280. The van der Waals surface area contributed by atoms with Gasteiger partial charge in [0.05, 0.1) is 35.3 Å². The molecule has 1 aliphatic rings. The zero-order valence-electron chi connectivity index (χ0n) is 22.1. The Kier molecular flexibility index (Phi) is 8.75. The number of hydrogen-bond acceptors (Lipinski definition) is 5. The van der Waals surface area contributed by atoms with Crippen molar-refractivity contribution in [3.8, 4) is 11.8 Å². The lowest BCUT2D eigenvalue weighted by Crippen LogP contribution is -2.41. The van der Waals surface area contributed by atoms with Gasteiger partial charge in [-0.25, -0.2) is 0 Å². The zero-order valence-corrected chi connectivity index (χ0v) is 22.1. The Labute approximate surface area is 219 Å². The predicted molar refractivity (Wildman–Crippen MR) is 134 cm³/mol. The van der Waals surface area contributed by atoms with Crippen LogP contribution in [0.2, 0.25) is 0 Å². The molecule has 1 saturated heterocycles. The SMILES string of the molecule is COc1cc(C)c(C)c2[nH]c(C(=O)C[C@@H](CC(C)C)C(=O)N[C@H](C#N)C[C@@H]3CCNC3=O)c(C(F)(F)F)c12. The molecule has 1 aromatic carbocycles. The van der Waals surface area contributed by atoms with Crippen molar-refractivity contribution >= 4 is 28.5 Å². The molecule has 0 aliphatic carbocycles. The van der Waals surface area contributed by atoms with Gasteiger partial charge in [-0.2, -0.15) is 18.4 Å². The number of aryl methyl sites for hydroxylation is 2. The number of carbonyl (C=O) groups is 3. The van der Waals surface area contributed by atoms with Crippen LogP contribution in [-0.4, -0.2) is 42.3 Å². The number of nitriles is 1. The highest BCUT2D eigenvalue weighted by Crippen LogP contribution is 2.44. The number of alkyl halides is 3. The molecule has 0 radical (unpaired) electrons. The number of halogens is 3. The molecular formula is C27H33F3N4O4. The van der Waals surface area contributed by atoms with E-state index < -0.39 is 53.4 Å². The number of Topliss-reactive ketones (excluding diaryl/α,β-unsaturated/α-hetero) is 1. The van der Waals surface area contributed by atoms with E-state index in [1.54, 1.807) is 13.8 Å². The lowest BCUT2D eigenvalue weighted by Gasteiger charge is -2.21. The minimum atomic E-state index is -4.86. The Morgan fingerprint density at radius 1 is 1.29 bits per heavy atom. The van der Waals surface area contributed by atoms with Crippen molar-refractivity contribution in [3.05, 3.63) is 28.5 Å². The Morgan fingerprint density at radius 2 is 1.97 bits per heavy atom. The summed E-state index contributed by atoms with van der Waals surface area (Å²) in [4.78, 5) is 41.1. The van der Waals surface area contributed by atoms with Crippen LogP contribution in [0.5, 0.6) is 5.75 Å². The van der Waals surface area contributed by atoms with E-state index in [0.29, 0.717) is 24.1 Å². The summed E-state index contributed by atoms with van der Waals surface area (Å²) in [6, 6.07) is 2.51. The van der Waals surface area contributed by atoms with E-state index in [1.807, 2.05) is 19.9 Å². The molecular weight excluding hydrogens is 501 g/mol. The van der Waals surface area contributed by atoms with Crippen LogP contribution in [0.1, 0.15) is 66.7 Å². The number of ketones is 1. The van der Waals surface area contributed by atoms with E-state index in [0.717, 1.165) is 0 Å². The lowest BCUT2D eigenvalue weighted by molar-refractivity contribution is -0.136. The first-order chi connectivity index (χ1) is 17.8. The van der Waals surface area contributed by atoms with E-state index >= 15 is 0 Å². The smallest absolute Gasteiger partial charge is 0.419 e. The van der Waals surface area contributed by atoms with Crippen LogP contribution in [0.4, 0.5) is 13.2 Å². The number of hydrogen-bond donors (Lipinski definition) is 3. The molecule has 1 aliphatic heterocycles. The largest absolute Gasteiger partial charge is 0.496 e. The monoisotopic (exact) mass is 534 g/mol. The molecule has 0 saturated carbocycles. The minimum Gasteiger partial charge on any atom is -0.496 e. The van der Waals surface area contributed by atoms with Gasteiger partial charge in [0.1, 0.15) is 11.8 Å². The summed E-state index contributed by atoms with van der Waals surface area (Å²) >= 11 is 0. The molecule has 38 heavy (non-hydrogen) atoms. The van der Waals surface area contributed by atoms with Gasteiger partial charge < -0.3 is 20.4 Å². The molecule has 0 unspecified atom stereocenters. The number of aromatic nitrogens is 1. The van der Waals surface area contributed by atoms with Crippen LogP contribution in [0.3, 0.4) is 0 Å². The summed E-state index contributed by atoms with van der Waals surface area (Å²) in [6.07, 6.45) is -4.45. The molecule has 8 nitrogen and oxygen atoms in total. The van der Waals surface area contributed by atoms with Crippen LogP contribution in [0, 0.1) is 42.9 Å². The number of nitrogens with zero attached hydrogens (tertiary/aromatic N) is 1. The lowest BCUT2D eigenvalue weighted by atomic mass is 9.89. The Morgan fingerprint density at radius 3 is 2.50 bits per heavy atom. The quantitative estimate of drug-likeness (QED) is 0.385. The van der Waals surface area contributed by atoms with E-state index in [-0.39, 0.29) is 41.3 Å². The van der Waals surface area contributed by atoms with Crippen molar-refractivity contribution < 1.29 is 32.3 Å². The first kappa shape index (κ1) is 29.0. The Balaban J connectivity index is 1.94. The molecule has 2 amide bonds. The third-order valence-corrected chi connectivity index (χ3v) is 7.06. The van der Waals surface area contributed by atoms with Gasteiger partial charge in [-0.3, -0.25) is 14.4 Å². The van der Waals surface area contributed by atoms with Crippen molar-refractivity contribution in [2.45, 2.75) is 65.6 Å². The molecule has 2 aromatic rings. The van der Waals surface area contributed by atoms with Crippen LogP contribution in [0.25, 0.3) is 10.9 Å². The summed E-state index contributed by atoms with van der Waals surface area (Å²) in [6.45, 7) is 7.54. The molecule has 0 bridgehead atoms. The van der Waals surface area contributed by atoms with E-state index in [2.05, 4.69) is 15.6 Å². The third kappa shape index (κ3) is 6.11. The highest BCUT2D eigenvalue weighted by molar-refractivity contribution is 6.06. The number of nitrogens with one attached hydrogen (secondary N) is 3. The number of amides is 2. The van der Waals surface area contributed by atoms with Crippen molar-refractivity contribution in [1.82, 2.24) is 15.6 Å². The predicted octanol–water partition coefficient (Wildman–Crippen LogP) is 4.58. The topological polar surface area (TPSA) is 124 Å². The first-order valence-electron chi connectivity index (χ1n) is 12.6. The molecule has 11 heteroatoms. The van der Waals surface area contributed by atoms with Crippen molar-refractivity contribution in [1.29, 1.82) is 5.26 Å². The van der Waals surface area contributed by atoms with Gasteiger partial charge >= 0.3 is 6.18 Å². The number of methoxy groups -OCH3 is 1. The molecule has 1 aromatic heterocycles. The van der Waals surface area contributed by atoms with Crippen molar-refractivity contribution in [3.63, 3.8) is 0 Å². The van der Waals surface area contributed by atoms with Gasteiger partial charge in [0.15, 0.2) is 5.78 Å². The van der Waals surface area contributed by atoms with Crippen molar-refractivity contribution in [2.75, 3.05) is 13.7 Å². The summed E-state index contributed by atoms with van der Waals surface area (Å²) in [5, 5.41) is 14.6. The number of aromatic amines is 1. The fourth-order valence-corrected chi connectivity index (χ4v) is 5.02. The molecule has 3 atom stereocenters. The van der Waals surface area contributed by atoms with Crippen LogP contribution in [-0.2, 0) is 15.8 Å². The summed E-state index contributed by atoms with van der Waals surface area (Å²) in [5.74, 6) is -3.08. The van der Waals surface area contributed by atoms with Gasteiger partial charge in [0.2, 0.25) is 11.8 Å². The second-order valence-corrected chi connectivity index (χ2v) is 10.3. The maximum atomic E-state index is 14.3.